The topological polar surface area (TPSA) is 9.23 Å². The van der Waals surface area contributed by atoms with E-state index < -0.39 is 58.8 Å². The largest absolute Gasteiger partial charge is 0.432 e. The lowest BCUT2D eigenvalue weighted by Crippen LogP contribution is -2.25. The van der Waals surface area contributed by atoms with E-state index in [0.717, 1.165) is 11.6 Å². The first-order valence-corrected chi connectivity index (χ1v) is 10.3. The van der Waals surface area contributed by atoms with E-state index in [4.69, 9.17) is 0 Å². The highest BCUT2D eigenvalue weighted by Gasteiger charge is 2.34. The Bertz CT molecular complexity index is 1320. The lowest BCUT2D eigenvalue weighted by molar-refractivity contribution is -0.176. The van der Waals surface area contributed by atoms with Crippen LogP contribution >= 0.6 is 0 Å². The molecule has 0 N–H and O–H groups in total. The van der Waals surface area contributed by atoms with Gasteiger partial charge in [0.25, 0.3) is 0 Å². The molecule has 0 bridgehead atoms. The van der Waals surface area contributed by atoms with Gasteiger partial charge in [-0.25, -0.2) is 26.3 Å². The van der Waals surface area contributed by atoms with Crippen LogP contribution in [0.15, 0.2) is 85.0 Å². The number of halogens is 8. The zero-order chi connectivity index (χ0) is 26.6. The van der Waals surface area contributed by atoms with Crippen molar-refractivity contribution in [2.24, 2.45) is 0 Å². The molecule has 0 amide bonds. The first kappa shape index (κ1) is 26.7. The van der Waals surface area contributed by atoms with E-state index in [0.29, 0.717) is 23.3 Å². The molecule has 0 aromatic heterocycles. The molecule has 0 atom stereocenters. The summed E-state index contributed by atoms with van der Waals surface area (Å²) in [6.07, 6.45) is -5.00. The predicted molar refractivity (Wildman–Crippen MR) is 120 cm³/mol. The van der Waals surface area contributed by atoms with Gasteiger partial charge in [0.1, 0.15) is 29.6 Å². The van der Waals surface area contributed by atoms with Crippen molar-refractivity contribution in [3.8, 4) is 16.9 Å². The van der Waals surface area contributed by atoms with Crippen molar-refractivity contribution in [1.82, 2.24) is 0 Å². The maximum absolute atomic E-state index is 14.9. The molecule has 0 spiro atoms. The standard InChI is InChI=1S/C27H18F8O/c1-15-3-5-17(6-4-15)18-7-8-22(23(30)11-18)19(9-16(2)28)10-20(29)14-27(34,35)36-21-12-24(31)26(33)25(32)13-21/h3-13H,2,14H2,1H3/b19-9+,20-10+. The summed E-state index contributed by atoms with van der Waals surface area (Å²) in [6, 6.07) is 11.3. The van der Waals surface area contributed by atoms with Gasteiger partial charge >= 0.3 is 6.11 Å². The van der Waals surface area contributed by atoms with Gasteiger partial charge in [-0.1, -0.05) is 48.5 Å². The third-order valence-corrected chi connectivity index (χ3v) is 4.89. The summed E-state index contributed by atoms with van der Waals surface area (Å²) in [5, 5.41) is 0. The van der Waals surface area contributed by atoms with Crippen LogP contribution in [0.25, 0.3) is 16.7 Å². The Morgan fingerprint density at radius 1 is 0.833 bits per heavy atom. The number of allylic oxidation sites excluding steroid dienone is 4. The van der Waals surface area contributed by atoms with Gasteiger partial charge < -0.3 is 4.74 Å². The maximum Gasteiger partial charge on any atom is 0.404 e. The Hall–Kier alpha value is -3.88. The SMILES string of the molecule is C=C(F)/C=C(\C=C(\F)CC(F)(F)Oc1cc(F)c(F)c(F)c1)c1ccc(-c2ccc(C)cc2)cc1F. The predicted octanol–water partition coefficient (Wildman–Crippen LogP) is 9.00. The van der Waals surface area contributed by atoms with Crippen LogP contribution in [0.5, 0.6) is 5.75 Å². The first-order chi connectivity index (χ1) is 16.8. The number of aryl methyl sites for hydroxylation is 1. The highest BCUT2D eigenvalue weighted by atomic mass is 19.3. The van der Waals surface area contributed by atoms with Crippen molar-refractivity contribution in [2.45, 2.75) is 19.5 Å². The van der Waals surface area contributed by atoms with Crippen LogP contribution in [-0.4, -0.2) is 6.11 Å². The Morgan fingerprint density at radius 2 is 1.42 bits per heavy atom. The fraction of sp³-hybridized carbons (Fsp3) is 0.111. The van der Waals surface area contributed by atoms with Gasteiger partial charge in [0.15, 0.2) is 17.5 Å². The van der Waals surface area contributed by atoms with E-state index in [-0.39, 0.29) is 17.7 Å². The summed E-state index contributed by atoms with van der Waals surface area (Å²) in [5.74, 6) is -10.1. The third kappa shape index (κ3) is 6.84. The highest BCUT2D eigenvalue weighted by Crippen LogP contribution is 2.33. The smallest absolute Gasteiger partial charge is 0.404 e. The van der Waals surface area contributed by atoms with Crippen LogP contribution in [0.4, 0.5) is 35.1 Å². The van der Waals surface area contributed by atoms with Gasteiger partial charge in [0.05, 0.1) is 0 Å². The summed E-state index contributed by atoms with van der Waals surface area (Å²) >= 11 is 0. The molecular formula is C27H18F8O. The average Bonchev–Trinajstić information content (AvgIpc) is 2.76. The number of alkyl halides is 2. The second-order valence-electron chi connectivity index (χ2n) is 7.82. The van der Waals surface area contributed by atoms with Crippen molar-refractivity contribution in [3.63, 3.8) is 0 Å². The summed E-state index contributed by atoms with van der Waals surface area (Å²) < 4.78 is 115. The number of hydrogen-bond acceptors (Lipinski definition) is 1. The van der Waals surface area contributed by atoms with Crippen LogP contribution in [0, 0.1) is 30.2 Å². The quantitative estimate of drug-likeness (QED) is 0.167. The molecule has 0 aliphatic heterocycles. The molecule has 1 nitrogen and oxygen atoms in total. The fourth-order valence-corrected chi connectivity index (χ4v) is 3.26. The molecule has 9 heteroatoms. The van der Waals surface area contributed by atoms with Gasteiger partial charge in [-0.3, -0.25) is 0 Å². The lowest BCUT2D eigenvalue weighted by atomic mass is 9.98. The van der Waals surface area contributed by atoms with Gasteiger partial charge in [-0.05, 0) is 41.8 Å². The van der Waals surface area contributed by atoms with E-state index in [1.807, 2.05) is 19.1 Å². The Labute approximate surface area is 201 Å². The van der Waals surface area contributed by atoms with Gasteiger partial charge in [-0.2, -0.15) is 8.78 Å². The second-order valence-corrected chi connectivity index (χ2v) is 7.82. The summed E-state index contributed by atoms with van der Waals surface area (Å²) in [6.45, 7) is 4.87. The molecule has 0 saturated carbocycles. The Balaban J connectivity index is 1.87. The molecule has 0 aliphatic rings. The van der Waals surface area contributed by atoms with Crippen LogP contribution in [0.1, 0.15) is 17.5 Å². The molecule has 0 fully saturated rings. The molecule has 3 rings (SSSR count). The molecule has 0 unspecified atom stereocenters. The molecule has 188 valence electrons. The van der Waals surface area contributed by atoms with Crippen LogP contribution in [0.3, 0.4) is 0 Å². The van der Waals surface area contributed by atoms with Crippen molar-refractivity contribution in [2.75, 3.05) is 0 Å². The zero-order valence-electron chi connectivity index (χ0n) is 18.7. The number of ether oxygens (including phenoxy) is 1. The van der Waals surface area contributed by atoms with Crippen molar-refractivity contribution in [1.29, 1.82) is 0 Å². The molecule has 0 saturated heterocycles. The first-order valence-electron chi connectivity index (χ1n) is 10.3. The minimum absolute atomic E-state index is 0.164. The molecule has 0 aliphatic carbocycles. The van der Waals surface area contributed by atoms with Crippen LogP contribution in [-0.2, 0) is 0 Å². The fourth-order valence-electron chi connectivity index (χ4n) is 3.26. The van der Waals surface area contributed by atoms with Crippen LogP contribution in [0.2, 0.25) is 0 Å². The summed E-state index contributed by atoms with van der Waals surface area (Å²) in [7, 11) is 0. The summed E-state index contributed by atoms with van der Waals surface area (Å²) in [5.41, 5.74) is 1.39. The van der Waals surface area contributed by atoms with Gasteiger partial charge in [0.2, 0.25) is 0 Å². The highest BCUT2D eigenvalue weighted by molar-refractivity contribution is 5.78. The second kappa shape index (κ2) is 10.8. The van der Waals surface area contributed by atoms with E-state index in [2.05, 4.69) is 11.3 Å². The minimum Gasteiger partial charge on any atom is -0.432 e. The average molecular weight is 510 g/mol. The van der Waals surface area contributed by atoms with Crippen molar-refractivity contribution in [3.05, 3.63) is 119 Å². The minimum atomic E-state index is -4.34. The van der Waals surface area contributed by atoms with Gasteiger partial charge in [0, 0.05) is 17.7 Å². The van der Waals surface area contributed by atoms with E-state index in [1.165, 1.54) is 12.1 Å². The van der Waals surface area contributed by atoms with E-state index in [1.54, 1.807) is 12.1 Å². The Kier molecular flexibility index (Phi) is 8.02. The summed E-state index contributed by atoms with van der Waals surface area (Å²) in [4.78, 5) is 0. The molecule has 36 heavy (non-hydrogen) atoms. The molecular weight excluding hydrogens is 492 g/mol. The van der Waals surface area contributed by atoms with Gasteiger partial charge in [-0.15, -0.1) is 0 Å². The van der Waals surface area contributed by atoms with E-state index in [9.17, 15) is 35.1 Å². The van der Waals surface area contributed by atoms with Crippen LogP contribution < -0.4 is 4.74 Å². The van der Waals surface area contributed by atoms with Crippen molar-refractivity contribution < 1.29 is 39.9 Å². The molecule has 3 aromatic carbocycles. The zero-order valence-corrected chi connectivity index (χ0v) is 18.7. The number of benzene rings is 3. The lowest BCUT2D eigenvalue weighted by Gasteiger charge is -2.17. The maximum atomic E-state index is 14.9. The Morgan fingerprint density at radius 3 is 1.97 bits per heavy atom. The number of rotatable bonds is 8. The number of hydrogen-bond donors (Lipinski definition) is 0. The molecule has 0 radical (unpaired) electrons. The van der Waals surface area contributed by atoms with E-state index >= 15 is 0 Å². The van der Waals surface area contributed by atoms with Crippen molar-refractivity contribution >= 4 is 5.57 Å². The molecule has 0 heterocycles. The third-order valence-electron chi connectivity index (χ3n) is 4.89. The monoisotopic (exact) mass is 510 g/mol. The molecule has 3 aromatic rings. The normalized spacial score (nSPS) is 12.6.